The summed E-state index contributed by atoms with van der Waals surface area (Å²) in [7, 11) is 0. The van der Waals surface area contributed by atoms with Crippen molar-refractivity contribution in [2.24, 2.45) is 0 Å². The van der Waals surface area contributed by atoms with Crippen LogP contribution < -0.4 is 5.73 Å². The lowest BCUT2D eigenvalue weighted by Gasteiger charge is -2.05. The molecule has 0 spiro atoms. The van der Waals surface area contributed by atoms with Crippen LogP contribution in [0.1, 0.15) is 11.4 Å². The molecule has 4 heteroatoms. The Morgan fingerprint density at radius 1 is 1.36 bits per heavy atom. The van der Waals surface area contributed by atoms with Gasteiger partial charge < -0.3 is 5.73 Å². The first-order valence-corrected chi connectivity index (χ1v) is 4.42. The van der Waals surface area contributed by atoms with Gasteiger partial charge in [-0.3, -0.25) is 0 Å². The molecule has 0 saturated heterocycles. The van der Waals surface area contributed by atoms with Crippen molar-refractivity contribution in [3.63, 3.8) is 0 Å². The molecule has 2 aromatic rings. The van der Waals surface area contributed by atoms with Crippen LogP contribution in [0.25, 0.3) is 5.82 Å². The van der Waals surface area contributed by atoms with Gasteiger partial charge in [-0.2, -0.15) is 5.10 Å². The monoisotopic (exact) mass is 188 g/mol. The van der Waals surface area contributed by atoms with Crippen LogP contribution in [0.2, 0.25) is 0 Å². The molecule has 0 aliphatic heterocycles. The summed E-state index contributed by atoms with van der Waals surface area (Å²) >= 11 is 0. The molecule has 2 aromatic heterocycles. The summed E-state index contributed by atoms with van der Waals surface area (Å²) < 4.78 is 1.75. The summed E-state index contributed by atoms with van der Waals surface area (Å²) in [6.07, 6.45) is 1.71. The highest BCUT2D eigenvalue weighted by Crippen LogP contribution is 2.15. The average Bonchev–Trinajstić information content (AvgIpc) is 2.46. The van der Waals surface area contributed by atoms with E-state index in [1.165, 1.54) is 0 Å². The van der Waals surface area contributed by atoms with Crippen molar-refractivity contribution in [2.45, 2.75) is 13.8 Å². The third-order valence-electron chi connectivity index (χ3n) is 2.03. The van der Waals surface area contributed by atoms with E-state index in [-0.39, 0.29) is 0 Å². The maximum Gasteiger partial charge on any atom is 0.176 e. The number of hydrogen-bond acceptors (Lipinski definition) is 3. The van der Waals surface area contributed by atoms with E-state index in [0.29, 0.717) is 11.5 Å². The fourth-order valence-corrected chi connectivity index (χ4v) is 1.43. The summed E-state index contributed by atoms with van der Waals surface area (Å²) in [5, 5.41) is 4.32. The minimum Gasteiger partial charge on any atom is -0.396 e. The Hall–Kier alpha value is -1.84. The molecule has 2 heterocycles. The van der Waals surface area contributed by atoms with Crippen molar-refractivity contribution in [2.75, 3.05) is 5.73 Å². The van der Waals surface area contributed by atoms with Crippen molar-refractivity contribution in [3.8, 4) is 5.82 Å². The first-order chi connectivity index (χ1) is 6.68. The zero-order chi connectivity index (χ0) is 10.1. The van der Waals surface area contributed by atoms with Crippen molar-refractivity contribution >= 4 is 5.69 Å². The van der Waals surface area contributed by atoms with Crippen LogP contribution in [0.5, 0.6) is 0 Å². The number of nitrogen functional groups attached to an aromatic ring is 1. The molecule has 0 aromatic carbocycles. The van der Waals surface area contributed by atoms with Crippen LogP contribution in [0.15, 0.2) is 24.4 Å². The molecule has 72 valence electrons. The van der Waals surface area contributed by atoms with Gasteiger partial charge in [0.05, 0.1) is 11.4 Å². The average molecular weight is 188 g/mol. The van der Waals surface area contributed by atoms with Crippen molar-refractivity contribution in [1.82, 2.24) is 14.8 Å². The van der Waals surface area contributed by atoms with Gasteiger partial charge in [0.15, 0.2) is 5.82 Å². The summed E-state index contributed by atoms with van der Waals surface area (Å²) in [5.74, 6) is 0.693. The Morgan fingerprint density at radius 2 is 2.14 bits per heavy atom. The second-order valence-electron chi connectivity index (χ2n) is 3.26. The van der Waals surface area contributed by atoms with Gasteiger partial charge in [-0.1, -0.05) is 0 Å². The Bertz CT molecular complexity index is 459. The van der Waals surface area contributed by atoms with Gasteiger partial charge in [-0.05, 0) is 32.0 Å². The zero-order valence-corrected chi connectivity index (χ0v) is 8.23. The van der Waals surface area contributed by atoms with E-state index >= 15 is 0 Å². The molecule has 0 saturated carbocycles. The fourth-order valence-electron chi connectivity index (χ4n) is 1.43. The number of aryl methyl sites for hydroxylation is 2. The SMILES string of the molecule is Cc1cc(C)n(-c2ncccc2N)n1. The molecular weight excluding hydrogens is 176 g/mol. The first kappa shape index (κ1) is 8.74. The van der Waals surface area contributed by atoms with E-state index < -0.39 is 0 Å². The van der Waals surface area contributed by atoms with Crippen molar-refractivity contribution in [1.29, 1.82) is 0 Å². The normalized spacial score (nSPS) is 10.4. The van der Waals surface area contributed by atoms with Crippen LogP contribution in [-0.4, -0.2) is 14.8 Å². The molecule has 2 rings (SSSR count). The summed E-state index contributed by atoms with van der Waals surface area (Å²) in [5.41, 5.74) is 8.45. The summed E-state index contributed by atoms with van der Waals surface area (Å²) in [6.45, 7) is 3.93. The number of nitrogens with zero attached hydrogens (tertiary/aromatic N) is 3. The predicted molar refractivity (Wildman–Crippen MR) is 55.2 cm³/mol. The van der Waals surface area contributed by atoms with Crippen molar-refractivity contribution < 1.29 is 0 Å². The lowest BCUT2D eigenvalue weighted by atomic mass is 10.4. The van der Waals surface area contributed by atoms with E-state index in [1.54, 1.807) is 10.9 Å². The molecule has 0 bridgehead atoms. The minimum absolute atomic E-state index is 0.638. The third kappa shape index (κ3) is 1.35. The first-order valence-electron chi connectivity index (χ1n) is 4.42. The largest absolute Gasteiger partial charge is 0.396 e. The summed E-state index contributed by atoms with van der Waals surface area (Å²) in [4.78, 5) is 4.20. The third-order valence-corrected chi connectivity index (χ3v) is 2.03. The molecule has 0 aliphatic rings. The van der Waals surface area contributed by atoms with Gasteiger partial charge in [0.25, 0.3) is 0 Å². The van der Waals surface area contributed by atoms with Crippen LogP contribution in [0, 0.1) is 13.8 Å². The number of pyridine rings is 1. The lowest BCUT2D eigenvalue weighted by molar-refractivity contribution is 0.809. The van der Waals surface area contributed by atoms with Crippen LogP contribution in [-0.2, 0) is 0 Å². The number of anilines is 1. The van der Waals surface area contributed by atoms with E-state index in [2.05, 4.69) is 10.1 Å². The highest BCUT2D eigenvalue weighted by molar-refractivity contribution is 5.52. The van der Waals surface area contributed by atoms with Crippen LogP contribution in [0.3, 0.4) is 0 Å². The second kappa shape index (κ2) is 3.14. The van der Waals surface area contributed by atoms with Gasteiger partial charge in [0, 0.05) is 11.9 Å². The lowest BCUT2D eigenvalue weighted by Crippen LogP contribution is -2.05. The zero-order valence-electron chi connectivity index (χ0n) is 8.23. The minimum atomic E-state index is 0.638. The highest BCUT2D eigenvalue weighted by Gasteiger charge is 2.06. The number of rotatable bonds is 1. The Kier molecular flexibility index (Phi) is 1.96. The van der Waals surface area contributed by atoms with Crippen LogP contribution >= 0.6 is 0 Å². The fraction of sp³-hybridized carbons (Fsp3) is 0.200. The molecule has 0 aliphatic carbocycles. The Labute approximate surface area is 82.4 Å². The summed E-state index contributed by atoms with van der Waals surface area (Å²) in [6, 6.07) is 5.62. The second-order valence-corrected chi connectivity index (χ2v) is 3.26. The molecule has 4 nitrogen and oxygen atoms in total. The quantitative estimate of drug-likeness (QED) is 0.737. The van der Waals surface area contributed by atoms with Crippen molar-refractivity contribution in [3.05, 3.63) is 35.8 Å². The molecule has 0 amide bonds. The Morgan fingerprint density at radius 3 is 2.71 bits per heavy atom. The molecule has 0 atom stereocenters. The molecular formula is C10H12N4. The predicted octanol–water partition coefficient (Wildman–Crippen LogP) is 1.47. The van der Waals surface area contributed by atoms with E-state index in [9.17, 15) is 0 Å². The van der Waals surface area contributed by atoms with Gasteiger partial charge in [-0.25, -0.2) is 9.67 Å². The maximum atomic E-state index is 5.81. The topological polar surface area (TPSA) is 56.7 Å². The number of nitrogens with two attached hydrogens (primary N) is 1. The number of aromatic nitrogens is 3. The van der Waals surface area contributed by atoms with E-state index in [0.717, 1.165) is 11.4 Å². The van der Waals surface area contributed by atoms with E-state index in [4.69, 9.17) is 5.73 Å². The van der Waals surface area contributed by atoms with E-state index in [1.807, 2.05) is 32.0 Å². The van der Waals surface area contributed by atoms with Crippen LogP contribution in [0.4, 0.5) is 5.69 Å². The molecule has 0 fully saturated rings. The van der Waals surface area contributed by atoms with Gasteiger partial charge in [0.1, 0.15) is 0 Å². The smallest absolute Gasteiger partial charge is 0.176 e. The molecule has 14 heavy (non-hydrogen) atoms. The van der Waals surface area contributed by atoms with Gasteiger partial charge in [0.2, 0.25) is 0 Å². The molecule has 0 radical (unpaired) electrons. The van der Waals surface area contributed by atoms with Gasteiger partial charge >= 0.3 is 0 Å². The Balaban J connectivity index is 2.60. The number of hydrogen-bond donors (Lipinski definition) is 1. The molecule has 0 unspecified atom stereocenters. The van der Waals surface area contributed by atoms with Gasteiger partial charge in [-0.15, -0.1) is 0 Å². The molecule has 2 N–H and O–H groups in total. The standard InChI is InChI=1S/C10H12N4/c1-7-6-8(2)14(13-7)10-9(11)4-3-5-12-10/h3-6H,11H2,1-2H3. The highest BCUT2D eigenvalue weighted by atomic mass is 15.3. The maximum absolute atomic E-state index is 5.81.